The number of carbonyl (C=O) groups excluding carboxylic acids is 2. The molecule has 0 aliphatic carbocycles. The standard InChI is InChI=1S/C19H18F4N2O3/c1-11(2)17(26)9-14-7-12(5-6-24-14)18(27)25-10-13-8-15(3-4-16(13)20)28-19(21,22)23/h3-8,11H,9-10H2,1-2H3,(H,25,27). The first-order valence-electron chi connectivity index (χ1n) is 8.35. The zero-order valence-corrected chi connectivity index (χ0v) is 15.1. The second-order valence-corrected chi connectivity index (χ2v) is 6.32. The van der Waals surface area contributed by atoms with E-state index in [0.717, 1.165) is 18.2 Å². The highest BCUT2D eigenvalue weighted by Gasteiger charge is 2.31. The number of ether oxygens (including phenoxy) is 1. The van der Waals surface area contributed by atoms with Gasteiger partial charge in [0.2, 0.25) is 0 Å². The van der Waals surface area contributed by atoms with Gasteiger partial charge in [-0.3, -0.25) is 14.6 Å². The molecule has 0 saturated heterocycles. The fraction of sp³-hybridized carbons (Fsp3) is 0.316. The molecule has 0 aliphatic heterocycles. The summed E-state index contributed by atoms with van der Waals surface area (Å²) in [5.74, 6) is -2.16. The number of alkyl halides is 3. The Labute approximate surface area is 158 Å². The molecular formula is C19H18F4N2O3. The Morgan fingerprint density at radius 1 is 1.18 bits per heavy atom. The number of rotatable bonds is 7. The summed E-state index contributed by atoms with van der Waals surface area (Å²) in [5, 5.41) is 2.42. The third-order valence-electron chi connectivity index (χ3n) is 3.77. The number of hydrogen-bond acceptors (Lipinski definition) is 4. The van der Waals surface area contributed by atoms with Crippen LogP contribution < -0.4 is 10.1 Å². The van der Waals surface area contributed by atoms with E-state index >= 15 is 0 Å². The number of benzene rings is 1. The monoisotopic (exact) mass is 398 g/mol. The molecule has 0 radical (unpaired) electrons. The Hall–Kier alpha value is -2.97. The second kappa shape index (κ2) is 8.81. The van der Waals surface area contributed by atoms with Gasteiger partial charge < -0.3 is 10.1 Å². The maximum Gasteiger partial charge on any atom is 0.573 e. The van der Waals surface area contributed by atoms with Gasteiger partial charge in [-0.2, -0.15) is 0 Å². The van der Waals surface area contributed by atoms with Crippen LogP contribution in [-0.4, -0.2) is 23.0 Å². The first kappa shape index (κ1) is 21.3. The summed E-state index contributed by atoms with van der Waals surface area (Å²) in [6.07, 6.45) is -3.46. The third-order valence-corrected chi connectivity index (χ3v) is 3.77. The lowest BCUT2D eigenvalue weighted by atomic mass is 10.0. The summed E-state index contributed by atoms with van der Waals surface area (Å²) in [5.41, 5.74) is 0.446. The second-order valence-electron chi connectivity index (χ2n) is 6.32. The zero-order chi connectivity index (χ0) is 20.9. The van der Waals surface area contributed by atoms with Crippen molar-refractivity contribution < 1.29 is 31.9 Å². The Kier molecular flexibility index (Phi) is 6.71. The van der Waals surface area contributed by atoms with Crippen LogP contribution in [0.5, 0.6) is 5.75 Å². The highest BCUT2D eigenvalue weighted by molar-refractivity contribution is 5.94. The van der Waals surface area contributed by atoms with Crippen molar-refractivity contribution in [2.45, 2.75) is 33.2 Å². The lowest BCUT2D eigenvalue weighted by Crippen LogP contribution is -2.24. The minimum atomic E-state index is -4.90. The summed E-state index contributed by atoms with van der Waals surface area (Å²) < 4.78 is 54.4. The molecule has 5 nitrogen and oxygen atoms in total. The molecular weight excluding hydrogens is 380 g/mol. The van der Waals surface area contributed by atoms with E-state index in [1.807, 2.05) is 0 Å². The highest BCUT2D eigenvalue weighted by atomic mass is 19.4. The zero-order valence-electron chi connectivity index (χ0n) is 15.1. The van der Waals surface area contributed by atoms with Crippen LogP contribution in [0.15, 0.2) is 36.5 Å². The molecule has 1 heterocycles. The van der Waals surface area contributed by atoms with E-state index in [-0.39, 0.29) is 35.8 Å². The van der Waals surface area contributed by atoms with Gasteiger partial charge in [-0.1, -0.05) is 13.8 Å². The molecule has 0 atom stereocenters. The Morgan fingerprint density at radius 2 is 1.89 bits per heavy atom. The van der Waals surface area contributed by atoms with Crippen LogP contribution in [0.1, 0.15) is 35.5 Å². The van der Waals surface area contributed by atoms with Gasteiger partial charge in [0.15, 0.2) is 0 Å². The first-order valence-corrected chi connectivity index (χ1v) is 8.35. The number of amides is 1. The summed E-state index contributed by atoms with van der Waals surface area (Å²) in [6.45, 7) is 3.16. The van der Waals surface area contributed by atoms with Gasteiger partial charge in [-0.15, -0.1) is 13.2 Å². The molecule has 2 rings (SSSR count). The quantitative estimate of drug-likeness (QED) is 0.720. The van der Waals surface area contributed by atoms with Gasteiger partial charge in [0.05, 0.1) is 0 Å². The van der Waals surface area contributed by atoms with E-state index in [4.69, 9.17) is 0 Å². The van der Waals surface area contributed by atoms with Crippen LogP contribution in [-0.2, 0) is 17.8 Å². The number of Topliss-reactive ketones (excluding diaryl/α,β-unsaturated/α-hetero) is 1. The molecule has 9 heteroatoms. The molecule has 0 saturated carbocycles. The van der Waals surface area contributed by atoms with Gasteiger partial charge >= 0.3 is 6.36 Å². The number of pyridine rings is 1. The number of halogens is 4. The average molecular weight is 398 g/mol. The van der Waals surface area contributed by atoms with Gasteiger partial charge in [0.1, 0.15) is 17.3 Å². The Balaban J connectivity index is 2.06. The molecule has 28 heavy (non-hydrogen) atoms. The molecule has 1 amide bonds. The predicted molar refractivity (Wildman–Crippen MR) is 92.0 cm³/mol. The minimum absolute atomic E-state index is 0.0337. The fourth-order valence-electron chi connectivity index (χ4n) is 2.26. The molecule has 0 fully saturated rings. The van der Waals surface area contributed by atoms with Gasteiger partial charge in [-0.25, -0.2) is 4.39 Å². The largest absolute Gasteiger partial charge is 0.573 e. The van der Waals surface area contributed by atoms with Gasteiger partial charge in [0.25, 0.3) is 5.91 Å². The van der Waals surface area contributed by atoms with Crippen molar-refractivity contribution in [2.24, 2.45) is 5.92 Å². The highest BCUT2D eigenvalue weighted by Crippen LogP contribution is 2.24. The van der Waals surface area contributed by atoms with Crippen molar-refractivity contribution in [2.75, 3.05) is 0 Å². The number of carbonyl (C=O) groups is 2. The summed E-state index contributed by atoms with van der Waals surface area (Å²) in [6, 6.07) is 5.38. The van der Waals surface area contributed by atoms with E-state index in [1.54, 1.807) is 13.8 Å². The Morgan fingerprint density at radius 3 is 2.54 bits per heavy atom. The van der Waals surface area contributed by atoms with E-state index < -0.39 is 23.8 Å². The molecule has 1 aromatic carbocycles. The maximum absolute atomic E-state index is 13.8. The van der Waals surface area contributed by atoms with Crippen LogP contribution >= 0.6 is 0 Å². The summed E-state index contributed by atoms with van der Waals surface area (Å²) in [7, 11) is 0. The van der Waals surface area contributed by atoms with E-state index in [9.17, 15) is 27.2 Å². The minimum Gasteiger partial charge on any atom is -0.406 e. The topological polar surface area (TPSA) is 68.3 Å². The number of nitrogens with zero attached hydrogens (tertiary/aromatic N) is 1. The van der Waals surface area contributed by atoms with Crippen molar-refractivity contribution in [3.8, 4) is 5.75 Å². The lowest BCUT2D eigenvalue weighted by Gasteiger charge is -2.12. The van der Waals surface area contributed by atoms with Gasteiger partial charge in [0, 0.05) is 41.9 Å². The number of ketones is 1. The van der Waals surface area contributed by atoms with Crippen molar-refractivity contribution in [3.63, 3.8) is 0 Å². The molecule has 0 bridgehead atoms. The molecule has 1 aromatic heterocycles. The fourth-order valence-corrected chi connectivity index (χ4v) is 2.26. The normalized spacial score (nSPS) is 11.4. The van der Waals surface area contributed by atoms with E-state index in [0.29, 0.717) is 5.69 Å². The smallest absolute Gasteiger partial charge is 0.406 e. The van der Waals surface area contributed by atoms with E-state index in [2.05, 4.69) is 15.0 Å². The predicted octanol–water partition coefficient (Wildman–Crippen LogP) is 3.82. The lowest BCUT2D eigenvalue weighted by molar-refractivity contribution is -0.274. The van der Waals surface area contributed by atoms with Crippen LogP contribution in [0.2, 0.25) is 0 Å². The van der Waals surface area contributed by atoms with Crippen LogP contribution in [0, 0.1) is 11.7 Å². The molecule has 0 spiro atoms. The maximum atomic E-state index is 13.8. The summed E-state index contributed by atoms with van der Waals surface area (Å²) in [4.78, 5) is 28.1. The number of hydrogen-bond donors (Lipinski definition) is 1. The van der Waals surface area contributed by atoms with Gasteiger partial charge in [-0.05, 0) is 30.3 Å². The number of aromatic nitrogens is 1. The van der Waals surface area contributed by atoms with Crippen molar-refractivity contribution in [1.82, 2.24) is 10.3 Å². The average Bonchev–Trinajstić information content (AvgIpc) is 2.60. The van der Waals surface area contributed by atoms with Crippen molar-refractivity contribution in [3.05, 3.63) is 59.2 Å². The van der Waals surface area contributed by atoms with E-state index in [1.165, 1.54) is 18.3 Å². The molecule has 150 valence electrons. The molecule has 2 aromatic rings. The van der Waals surface area contributed by atoms with Crippen molar-refractivity contribution in [1.29, 1.82) is 0 Å². The molecule has 0 unspecified atom stereocenters. The molecule has 1 N–H and O–H groups in total. The number of nitrogens with one attached hydrogen (secondary N) is 1. The van der Waals surface area contributed by atoms with Crippen molar-refractivity contribution >= 4 is 11.7 Å². The van der Waals surface area contributed by atoms with Crippen LogP contribution in [0.3, 0.4) is 0 Å². The third kappa shape index (κ3) is 6.33. The first-order chi connectivity index (χ1) is 13.0. The van der Waals surface area contributed by atoms with Crippen LogP contribution in [0.25, 0.3) is 0 Å². The Bertz CT molecular complexity index is 866. The van der Waals surface area contributed by atoms with Crippen LogP contribution in [0.4, 0.5) is 17.6 Å². The SMILES string of the molecule is CC(C)C(=O)Cc1cc(C(=O)NCc2cc(OC(F)(F)F)ccc2F)ccn1. The summed E-state index contributed by atoms with van der Waals surface area (Å²) >= 11 is 0. The molecule has 0 aliphatic rings.